The molecule has 0 radical (unpaired) electrons. The standard InChI is InChI=1S/C10H13BrN4/c1-6(4-12)15-7(2)14-9-3-8(11)5-13-10(9)15/h3,5-6H,4,12H2,1-2H3. The van der Waals surface area contributed by atoms with Crippen molar-refractivity contribution < 1.29 is 0 Å². The predicted octanol–water partition coefficient (Wildman–Crippen LogP) is 2.02. The van der Waals surface area contributed by atoms with Gasteiger partial charge in [-0.25, -0.2) is 9.97 Å². The molecule has 2 rings (SSSR count). The molecule has 15 heavy (non-hydrogen) atoms. The van der Waals surface area contributed by atoms with E-state index in [0.29, 0.717) is 6.54 Å². The minimum absolute atomic E-state index is 0.226. The summed E-state index contributed by atoms with van der Waals surface area (Å²) in [6.45, 7) is 4.63. The molecule has 0 saturated heterocycles. The molecule has 0 aliphatic carbocycles. The molecule has 2 aromatic heterocycles. The van der Waals surface area contributed by atoms with E-state index in [2.05, 4.69) is 37.4 Å². The molecule has 2 heterocycles. The quantitative estimate of drug-likeness (QED) is 0.907. The van der Waals surface area contributed by atoms with E-state index < -0.39 is 0 Å². The summed E-state index contributed by atoms with van der Waals surface area (Å²) in [6, 6.07) is 2.19. The summed E-state index contributed by atoms with van der Waals surface area (Å²) in [6.07, 6.45) is 1.78. The lowest BCUT2D eigenvalue weighted by molar-refractivity contribution is 0.555. The molecule has 0 aliphatic rings. The fourth-order valence-corrected chi connectivity index (χ4v) is 2.02. The Bertz CT molecular complexity index is 491. The van der Waals surface area contributed by atoms with Crippen LogP contribution in [0.25, 0.3) is 11.2 Å². The van der Waals surface area contributed by atoms with Gasteiger partial charge in [0.15, 0.2) is 5.65 Å². The third-order valence-electron chi connectivity index (χ3n) is 2.45. The molecule has 0 saturated carbocycles. The predicted molar refractivity (Wildman–Crippen MR) is 63.7 cm³/mol. The number of hydrogen-bond acceptors (Lipinski definition) is 3. The fourth-order valence-electron chi connectivity index (χ4n) is 1.70. The van der Waals surface area contributed by atoms with E-state index in [4.69, 9.17) is 5.73 Å². The van der Waals surface area contributed by atoms with E-state index in [1.54, 1.807) is 6.20 Å². The smallest absolute Gasteiger partial charge is 0.160 e. The molecule has 5 heteroatoms. The van der Waals surface area contributed by atoms with Gasteiger partial charge in [-0.2, -0.15) is 0 Å². The molecular formula is C10H13BrN4. The van der Waals surface area contributed by atoms with E-state index in [1.807, 2.05) is 13.0 Å². The number of pyridine rings is 1. The Morgan fingerprint density at radius 2 is 2.33 bits per heavy atom. The molecule has 0 bridgehead atoms. The summed E-state index contributed by atoms with van der Waals surface area (Å²) in [5, 5.41) is 0. The van der Waals surface area contributed by atoms with Crippen LogP contribution in [-0.2, 0) is 0 Å². The number of hydrogen-bond donors (Lipinski definition) is 1. The number of fused-ring (bicyclic) bond motifs is 1. The molecule has 0 aromatic carbocycles. The van der Waals surface area contributed by atoms with E-state index in [9.17, 15) is 0 Å². The van der Waals surface area contributed by atoms with Crippen molar-refractivity contribution >= 4 is 27.1 Å². The van der Waals surface area contributed by atoms with Gasteiger partial charge in [0.2, 0.25) is 0 Å². The lowest BCUT2D eigenvalue weighted by atomic mass is 10.3. The van der Waals surface area contributed by atoms with Gasteiger partial charge in [0.25, 0.3) is 0 Å². The van der Waals surface area contributed by atoms with Gasteiger partial charge in [0.05, 0.1) is 0 Å². The summed E-state index contributed by atoms with van der Waals surface area (Å²) in [5.41, 5.74) is 7.47. The van der Waals surface area contributed by atoms with E-state index in [1.165, 1.54) is 0 Å². The van der Waals surface area contributed by atoms with Gasteiger partial charge >= 0.3 is 0 Å². The highest BCUT2D eigenvalue weighted by Crippen LogP contribution is 2.21. The number of rotatable bonds is 2. The normalized spacial score (nSPS) is 13.3. The number of nitrogens with two attached hydrogens (primary N) is 1. The van der Waals surface area contributed by atoms with E-state index in [0.717, 1.165) is 21.5 Å². The van der Waals surface area contributed by atoms with E-state index >= 15 is 0 Å². The molecule has 1 atom stereocenters. The first-order valence-corrected chi connectivity index (χ1v) is 5.63. The Labute approximate surface area is 96.6 Å². The maximum absolute atomic E-state index is 5.67. The van der Waals surface area contributed by atoms with E-state index in [-0.39, 0.29) is 6.04 Å². The highest BCUT2D eigenvalue weighted by Gasteiger charge is 2.12. The monoisotopic (exact) mass is 268 g/mol. The second-order valence-electron chi connectivity index (χ2n) is 3.61. The number of imidazole rings is 1. The van der Waals surface area contributed by atoms with Gasteiger partial charge < -0.3 is 10.3 Å². The topological polar surface area (TPSA) is 56.7 Å². The van der Waals surface area contributed by atoms with Crippen molar-refractivity contribution in [1.82, 2.24) is 14.5 Å². The average Bonchev–Trinajstić information content (AvgIpc) is 2.52. The van der Waals surface area contributed by atoms with Gasteiger partial charge in [-0.15, -0.1) is 0 Å². The minimum Gasteiger partial charge on any atom is -0.328 e. The average molecular weight is 269 g/mol. The summed E-state index contributed by atoms with van der Waals surface area (Å²) < 4.78 is 3.02. The van der Waals surface area contributed by atoms with Crippen molar-refractivity contribution in [3.05, 3.63) is 22.6 Å². The Balaban J connectivity index is 2.68. The Morgan fingerprint density at radius 3 is 3.00 bits per heavy atom. The van der Waals surface area contributed by atoms with Gasteiger partial charge in [-0.05, 0) is 35.8 Å². The van der Waals surface area contributed by atoms with Gasteiger partial charge in [-0.1, -0.05) is 0 Å². The minimum atomic E-state index is 0.226. The van der Waals surface area contributed by atoms with Crippen molar-refractivity contribution in [3.63, 3.8) is 0 Å². The second kappa shape index (κ2) is 3.90. The third-order valence-corrected chi connectivity index (χ3v) is 2.89. The fraction of sp³-hybridized carbons (Fsp3) is 0.400. The Hall–Kier alpha value is -0.940. The molecule has 0 amide bonds. The Morgan fingerprint density at radius 1 is 1.60 bits per heavy atom. The largest absolute Gasteiger partial charge is 0.328 e. The molecule has 0 fully saturated rings. The van der Waals surface area contributed by atoms with Crippen LogP contribution in [0.1, 0.15) is 18.8 Å². The van der Waals surface area contributed by atoms with Crippen molar-refractivity contribution in [1.29, 1.82) is 0 Å². The van der Waals surface area contributed by atoms with Crippen LogP contribution in [0.3, 0.4) is 0 Å². The van der Waals surface area contributed by atoms with Crippen LogP contribution in [0.2, 0.25) is 0 Å². The molecule has 80 valence electrons. The zero-order chi connectivity index (χ0) is 11.0. The number of nitrogens with zero attached hydrogens (tertiary/aromatic N) is 3. The van der Waals surface area contributed by atoms with Crippen LogP contribution in [0.5, 0.6) is 0 Å². The lowest BCUT2D eigenvalue weighted by Gasteiger charge is -2.12. The first-order chi connectivity index (χ1) is 7.13. The first kappa shape index (κ1) is 10.6. The van der Waals surface area contributed by atoms with Gasteiger partial charge in [0, 0.05) is 23.3 Å². The van der Waals surface area contributed by atoms with Gasteiger partial charge in [0.1, 0.15) is 11.3 Å². The summed E-state index contributed by atoms with van der Waals surface area (Å²) >= 11 is 3.38. The summed E-state index contributed by atoms with van der Waals surface area (Å²) in [7, 11) is 0. The highest BCUT2D eigenvalue weighted by molar-refractivity contribution is 9.10. The Kier molecular flexibility index (Phi) is 2.75. The van der Waals surface area contributed by atoms with Gasteiger partial charge in [-0.3, -0.25) is 0 Å². The van der Waals surface area contributed by atoms with Crippen LogP contribution >= 0.6 is 15.9 Å². The zero-order valence-electron chi connectivity index (χ0n) is 8.74. The van der Waals surface area contributed by atoms with Crippen LogP contribution in [0.15, 0.2) is 16.7 Å². The number of aromatic nitrogens is 3. The highest BCUT2D eigenvalue weighted by atomic mass is 79.9. The van der Waals surface area contributed by atoms with Crippen molar-refractivity contribution in [2.75, 3.05) is 6.54 Å². The SMILES string of the molecule is Cc1nc2cc(Br)cnc2n1C(C)CN. The van der Waals surface area contributed by atoms with Crippen LogP contribution in [0, 0.1) is 6.92 Å². The molecule has 4 nitrogen and oxygen atoms in total. The van der Waals surface area contributed by atoms with Crippen molar-refractivity contribution in [3.8, 4) is 0 Å². The third kappa shape index (κ3) is 1.77. The maximum Gasteiger partial charge on any atom is 0.160 e. The maximum atomic E-state index is 5.67. The molecule has 0 aliphatic heterocycles. The van der Waals surface area contributed by atoms with Crippen molar-refractivity contribution in [2.24, 2.45) is 5.73 Å². The summed E-state index contributed by atoms with van der Waals surface area (Å²) in [4.78, 5) is 8.83. The van der Waals surface area contributed by atoms with Crippen LogP contribution in [0.4, 0.5) is 0 Å². The van der Waals surface area contributed by atoms with Crippen LogP contribution in [-0.4, -0.2) is 21.1 Å². The van der Waals surface area contributed by atoms with Crippen molar-refractivity contribution in [2.45, 2.75) is 19.9 Å². The molecule has 2 N–H and O–H groups in total. The van der Waals surface area contributed by atoms with Crippen LogP contribution < -0.4 is 5.73 Å². The second-order valence-corrected chi connectivity index (χ2v) is 4.53. The molecule has 1 unspecified atom stereocenters. The lowest BCUT2D eigenvalue weighted by Crippen LogP contribution is -2.17. The molecule has 0 spiro atoms. The number of halogens is 1. The molecular weight excluding hydrogens is 256 g/mol. The zero-order valence-corrected chi connectivity index (χ0v) is 10.3. The molecule has 2 aromatic rings. The first-order valence-electron chi connectivity index (χ1n) is 4.83. The number of aryl methyl sites for hydroxylation is 1. The summed E-state index contributed by atoms with van der Waals surface area (Å²) in [5.74, 6) is 0.952.